The lowest BCUT2D eigenvalue weighted by Gasteiger charge is -2.44. The molecular formula is C26H31N5O2S. The molecule has 1 aliphatic carbocycles. The zero-order valence-corrected chi connectivity index (χ0v) is 20.4. The Labute approximate surface area is 204 Å². The van der Waals surface area contributed by atoms with Gasteiger partial charge in [0.2, 0.25) is 5.91 Å². The van der Waals surface area contributed by atoms with Gasteiger partial charge in [-0.15, -0.1) is 10.2 Å². The first-order chi connectivity index (χ1) is 16.7. The monoisotopic (exact) mass is 477 g/mol. The van der Waals surface area contributed by atoms with Gasteiger partial charge in [-0.05, 0) is 74.9 Å². The summed E-state index contributed by atoms with van der Waals surface area (Å²) < 4.78 is 7.63. The zero-order valence-electron chi connectivity index (χ0n) is 19.6. The standard InChI is InChI=1S/C26H31N5O2S/c1-2-33-22-11-9-21(10-12-22)31-25(20-13-15-27-16-14-20)28-29-26(31)34-18-24(32)30-17-5-7-19-6-3-4-8-23(19)30/h9-16,19,23H,2-8,17-18H2,1H3/t19-,23+/m1/s1. The Morgan fingerprint density at radius 3 is 2.59 bits per heavy atom. The van der Waals surface area contributed by atoms with E-state index in [0.29, 0.717) is 29.5 Å². The van der Waals surface area contributed by atoms with Gasteiger partial charge in [0, 0.05) is 36.2 Å². The summed E-state index contributed by atoms with van der Waals surface area (Å²) in [5.74, 6) is 2.82. The van der Waals surface area contributed by atoms with E-state index in [1.54, 1.807) is 12.4 Å². The normalized spacial score (nSPS) is 20.1. The minimum Gasteiger partial charge on any atom is -0.494 e. The number of hydrogen-bond donors (Lipinski definition) is 0. The van der Waals surface area contributed by atoms with E-state index in [9.17, 15) is 4.79 Å². The molecule has 7 nitrogen and oxygen atoms in total. The zero-order chi connectivity index (χ0) is 23.3. The Morgan fingerprint density at radius 1 is 1.03 bits per heavy atom. The number of benzene rings is 1. The first-order valence-electron chi connectivity index (χ1n) is 12.3. The second kappa shape index (κ2) is 10.6. The van der Waals surface area contributed by atoms with Crippen LogP contribution in [0.2, 0.25) is 0 Å². The molecule has 5 rings (SSSR count). The fourth-order valence-corrected chi connectivity index (χ4v) is 6.12. The first-order valence-corrected chi connectivity index (χ1v) is 13.2. The number of rotatable bonds is 7. The van der Waals surface area contributed by atoms with Crippen molar-refractivity contribution in [2.24, 2.45) is 5.92 Å². The molecule has 3 heterocycles. The van der Waals surface area contributed by atoms with Crippen molar-refractivity contribution in [1.82, 2.24) is 24.6 Å². The van der Waals surface area contributed by atoms with Crippen LogP contribution in [0, 0.1) is 5.92 Å². The fraction of sp³-hybridized carbons (Fsp3) is 0.462. The molecule has 2 aromatic heterocycles. The van der Waals surface area contributed by atoms with Crippen molar-refractivity contribution >= 4 is 17.7 Å². The van der Waals surface area contributed by atoms with Crippen molar-refractivity contribution in [1.29, 1.82) is 0 Å². The minimum atomic E-state index is 0.216. The van der Waals surface area contributed by atoms with E-state index in [2.05, 4.69) is 20.1 Å². The number of aromatic nitrogens is 4. The topological polar surface area (TPSA) is 73.1 Å². The van der Waals surface area contributed by atoms with Gasteiger partial charge >= 0.3 is 0 Å². The van der Waals surface area contributed by atoms with Crippen LogP contribution in [0.15, 0.2) is 53.9 Å². The van der Waals surface area contributed by atoms with Crippen molar-refractivity contribution in [3.05, 3.63) is 48.8 Å². The van der Waals surface area contributed by atoms with E-state index in [1.807, 2.05) is 47.9 Å². The summed E-state index contributed by atoms with van der Waals surface area (Å²) in [4.78, 5) is 19.6. The van der Waals surface area contributed by atoms with Gasteiger partial charge in [0.25, 0.3) is 0 Å². The van der Waals surface area contributed by atoms with Gasteiger partial charge in [0.15, 0.2) is 11.0 Å². The van der Waals surface area contributed by atoms with Gasteiger partial charge in [-0.2, -0.15) is 0 Å². The molecule has 1 aliphatic heterocycles. The molecule has 34 heavy (non-hydrogen) atoms. The lowest BCUT2D eigenvalue weighted by molar-refractivity contribution is -0.134. The maximum Gasteiger partial charge on any atom is 0.233 e. The smallest absolute Gasteiger partial charge is 0.233 e. The summed E-state index contributed by atoms with van der Waals surface area (Å²) in [6, 6.07) is 12.2. The van der Waals surface area contributed by atoms with E-state index >= 15 is 0 Å². The SMILES string of the molecule is CCOc1ccc(-n2c(SCC(=O)N3CCC[C@H]4CCCC[C@@H]43)nnc2-c2ccncc2)cc1. The number of hydrogen-bond acceptors (Lipinski definition) is 6. The van der Waals surface area contributed by atoms with Crippen LogP contribution in [0.4, 0.5) is 0 Å². The predicted octanol–water partition coefficient (Wildman–Crippen LogP) is 5.00. The van der Waals surface area contributed by atoms with E-state index in [1.165, 1.54) is 37.4 Å². The number of likely N-dealkylation sites (tertiary alicyclic amines) is 1. The first kappa shape index (κ1) is 22.9. The molecule has 1 amide bonds. The highest BCUT2D eigenvalue weighted by Crippen LogP contribution is 2.36. The third-order valence-corrected chi connectivity index (χ3v) is 7.78. The highest BCUT2D eigenvalue weighted by molar-refractivity contribution is 7.99. The van der Waals surface area contributed by atoms with Crippen molar-refractivity contribution < 1.29 is 9.53 Å². The molecule has 0 spiro atoms. The largest absolute Gasteiger partial charge is 0.494 e. The summed E-state index contributed by atoms with van der Waals surface area (Å²) in [5, 5.41) is 9.68. The lowest BCUT2D eigenvalue weighted by Crippen LogP contribution is -2.50. The van der Waals surface area contributed by atoms with Crippen LogP contribution in [-0.4, -0.2) is 55.5 Å². The van der Waals surface area contributed by atoms with Crippen molar-refractivity contribution in [2.45, 2.75) is 56.6 Å². The highest BCUT2D eigenvalue weighted by Gasteiger charge is 2.35. The number of carbonyl (C=O) groups is 1. The highest BCUT2D eigenvalue weighted by atomic mass is 32.2. The molecule has 1 saturated carbocycles. The Bertz CT molecular complexity index is 1100. The van der Waals surface area contributed by atoms with Crippen molar-refractivity contribution in [2.75, 3.05) is 18.9 Å². The molecule has 1 saturated heterocycles. The van der Waals surface area contributed by atoms with Gasteiger partial charge in [-0.1, -0.05) is 24.6 Å². The van der Waals surface area contributed by atoms with Gasteiger partial charge < -0.3 is 9.64 Å². The van der Waals surface area contributed by atoms with Crippen molar-refractivity contribution in [3.63, 3.8) is 0 Å². The van der Waals surface area contributed by atoms with E-state index < -0.39 is 0 Å². The minimum absolute atomic E-state index is 0.216. The number of carbonyl (C=O) groups excluding carboxylic acids is 1. The number of ether oxygens (including phenoxy) is 1. The Kier molecular flexibility index (Phi) is 7.13. The van der Waals surface area contributed by atoms with Crippen LogP contribution in [-0.2, 0) is 4.79 Å². The molecule has 178 valence electrons. The number of nitrogens with zero attached hydrogens (tertiary/aromatic N) is 5. The van der Waals surface area contributed by atoms with Crippen LogP contribution in [0.5, 0.6) is 5.75 Å². The van der Waals surface area contributed by atoms with E-state index in [-0.39, 0.29) is 5.91 Å². The second-order valence-electron chi connectivity index (χ2n) is 8.93. The second-order valence-corrected chi connectivity index (χ2v) is 9.88. The van der Waals surface area contributed by atoms with Crippen LogP contribution in [0.1, 0.15) is 45.4 Å². The molecule has 2 atom stereocenters. The van der Waals surface area contributed by atoms with Crippen LogP contribution < -0.4 is 4.74 Å². The maximum absolute atomic E-state index is 13.3. The Hall–Kier alpha value is -2.87. The summed E-state index contributed by atoms with van der Waals surface area (Å²) in [6.07, 6.45) is 10.8. The number of amides is 1. The Balaban J connectivity index is 1.39. The predicted molar refractivity (Wildman–Crippen MR) is 133 cm³/mol. The third-order valence-electron chi connectivity index (χ3n) is 6.87. The average molecular weight is 478 g/mol. The molecule has 0 unspecified atom stereocenters. The van der Waals surface area contributed by atoms with E-state index in [4.69, 9.17) is 4.74 Å². The molecule has 2 aliphatic rings. The van der Waals surface area contributed by atoms with Crippen LogP contribution >= 0.6 is 11.8 Å². The number of fused-ring (bicyclic) bond motifs is 1. The van der Waals surface area contributed by atoms with Crippen LogP contribution in [0.25, 0.3) is 17.1 Å². The molecule has 3 aromatic rings. The molecule has 0 N–H and O–H groups in total. The van der Waals surface area contributed by atoms with E-state index in [0.717, 1.165) is 42.2 Å². The molecule has 2 fully saturated rings. The number of piperidine rings is 1. The maximum atomic E-state index is 13.3. The number of thioether (sulfide) groups is 1. The molecular weight excluding hydrogens is 446 g/mol. The number of pyridine rings is 1. The molecule has 8 heteroatoms. The average Bonchev–Trinajstić information content (AvgIpc) is 3.32. The summed E-state index contributed by atoms with van der Waals surface area (Å²) in [7, 11) is 0. The fourth-order valence-electron chi connectivity index (χ4n) is 5.29. The van der Waals surface area contributed by atoms with Gasteiger partial charge in [0.1, 0.15) is 5.75 Å². The van der Waals surface area contributed by atoms with Gasteiger partial charge in [-0.3, -0.25) is 14.3 Å². The molecule has 0 bridgehead atoms. The Morgan fingerprint density at radius 2 is 1.79 bits per heavy atom. The van der Waals surface area contributed by atoms with Gasteiger partial charge in [-0.25, -0.2) is 0 Å². The lowest BCUT2D eigenvalue weighted by atomic mass is 9.78. The molecule has 1 aromatic carbocycles. The molecule has 0 radical (unpaired) electrons. The summed E-state index contributed by atoms with van der Waals surface area (Å²) in [5.41, 5.74) is 1.86. The quantitative estimate of drug-likeness (QED) is 0.446. The summed E-state index contributed by atoms with van der Waals surface area (Å²) >= 11 is 1.46. The summed E-state index contributed by atoms with van der Waals surface area (Å²) in [6.45, 7) is 3.48. The van der Waals surface area contributed by atoms with Crippen molar-refractivity contribution in [3.8, 4) is 22.8 Å². The third kappa shape index (κ3) is 4.82. The van der Waals surface area contributed by atoms with Crippen LogP contribution in [0.3, 0.4) is 0 Å². The van der Waals surface area contributed by atoms with Gasteiger partial charge in [0.05, 0.1) is 12.4 Å².